The Morgan fingerprint density at radius 3 is 2.64 bits per heavy atom. The van der Waals surface area contributed by atoms with Crippen molar-refractivity contribution in [3.8, 4) is 11.3 Å². The number of benzene rings is 1. The molecule has 0 saturated heterocycles. The Bertz CT molecular complexity index is 693. The van der Waals surface area contributed by atoms with Crippen molar-refractivity contribution in [1.29, 1.82) is 0 Å². The maximum absolute atomic E-state index is 11.8. The van der Waals surface area contributed by atoms with Crippen molar-refractivity contribution in [2.24, 2.45) is 0 Å². The van der Waals surface area contributed by atoms with E-state index in [1.165, 1.54) is 0 Å². The normalized spacial score (nSPS) is 11.7. The molecular formula is C16H22N2O3S. The molecule has 1 aromatic carbocycles. The number of hydrogen-bond donors (Lipinski definition) is 1. The minimum Gasteiger partial charge on any atom is -0.445 e. The number of oxazole rings is 1. The highest BCUT2D eigenvalue weighted by atomic mass is 32.2. The summed E-state index contributed by atoms with van der Waals surface area (Å²) in [5.41, 5.74) is 1.76. The molecule has 0 amide bonds. The lowest BCUT2D eigenvalue weighted by atomic mass is 10.1. The molecule has 0 radical (unpaired) electrons. The topological polar surface area (TPSA) is 72.2 Å². The second-order valence-electron chi connectivity index (χ2n) is 5.19. The van der Waals surface area contributed by atoms with Crippen LogP contribution in [0.3, 0.4) is 0 Å². The Kier molecular flexibility index (Phi) is 5.74. The first-order chi connectivity index (χ1) is 10.5. The molecule has 0 unspecified atom stereocenters. The number of rotatable bonds is 8. The van der Waals surface area contributed by atoms with E-state index in [1.807, 2.05) is 37.3 Å². The lowest BCUT2D eigenvalue weighted by Crippen LogP contribution is -2.28. The van der Waals surface area contributed by atoms with Gasteiger partial charge in [-0.25, -0.2) is 18.1 Å². The van der Waals surface area contributed by atoms with Gasteiger partial charge in [0.2, 0.25) is 10.0 Å². The van der Waals surface area contributed by atoms with Gasteiger partial charge < -0.3 is 4.42 Å². The van der Waals surface area contributed by atoms with Crippen molar-refractivity contribution in [2.75, 3.05) is 12.3 Å². The Balaban J connectivity index is 2.02. The van der Waals surface area contributed by atoms with E-state index in [1.54, 1.807) is 6.92 Å². The van der Waals surface area contributed by atoms with Crippen molar-refractivity contribution in [2.45, 2.75) is 33.1 Å². The molecule has 1 aromatic heterocycles. The molecule has 1 N–H and O–H groups in total. The van der Waals surface area contributed by atoms with Crippen molar-refractivity contribution in [1.82, 2.24) is 9.71 Å². The summed E-state index contributed by atoms with van der Waals surface area (Å²) >= 11 is 0. The van der Waals surface area contributed by atoms with Crippen molar-refractivity contribution >= 4 is 10.0 Å². The first kappa shape index (κ1) is 16.7. The molecule has 1 heterocycles. The number of nitrogens with zero attached hydrogens (tertiary/aromatic N) is 1. The third kappa shape index (κ3) is 4.68. The van der Waals surface area contributed by atoms with E-state index in [0.717, 1.165) is 17.7 Å². The number of hydrogen-bond acceptors (Lipinski definition) is 4. The van der Waals surface area contributed by atoms with E-state index >= 15 is 0 Å². The minimum atomic E-state index is -3.20. The van der Waals surface area contributed by atoms with Crippen molar-refractivity contribution < 1.29 is 12.8 Å². The van der Waals surface area contributed by atoms with Gasteiger partial charge in [-0.2, -0.15) is 0 Å². The molecule has 0 aliphatic carbocycles. The summed E-state index contributed by atoms with van der Waals surface area (Å²) in [5.74, 6) is 1.47. The summed E-state index contributed by atoms with van der Waals surface area (Å²) in [7, 11) is -3.20. The van der Waals surface area contributed by atoms with Crippen LogP contribution in [0.2, 0.25) is 0 Å². The molecule has 0 fully saturated rings. The summed E-state index contributed by atoms with van der Waals surface area (Å²) in [5, 5.41) is 0. The van der Waals surface area contributed by atoms with Crippen LogP contribution in [0.1, 0.15) is 31.4 Å². The second-order valence-corrected chi connectivity index (χ2v) is 7.11. The predicted molar refractivity (Wildman–Crippen MR) is 87.1 cm³/mol. The zero-order valence-corrected chi connectivity index (χ0v) is 13.8. The second kappa shape index (κ2) is 7.56. The smallest absolute Gasteiger partial charge is 0.211 e. The van der Waals surface area contributed by atoms with Crippen LogP contribution in [-0.4, -0.2) is 25.7 Å². The van der Waals surface area contributed by atoms with Gasteiger partial charge in [-0.3, -0.25) is 0 Å². The van der Waals surface area contributed by atoms with E-state index in [4.69, 9.17) is 4.42 Å². The van der Waals surface area contributed by atoms with Crippen LogP contribution >= 0.6 is 0 Å². The van der Waals surface area contributed by atoms with Crippen molar-refractivity contribution in [3.05, 3.63) is 42.0 Å². The van der Waals surface area contributed by atoms with Gasteiger partial charge in [0.05, 0.1) is 5.75 Å². The molecule has 6 heteroatoms. The molecule has 2 rings (SSSR count). The SMILES string of the molecule is CCCCS(=O)(=O)NCCc1oc(C)nc1-c1ccccc1. The summed E-state index contributed by atoms with van der Waals surface area (Å²) in [6.07, 6.45) is 2.02. The monoisotopic (exact) mass is 322 g/mol. The maximum Gasteiger partial charge on any atom is 0.211 e. The standard InChI is InChI=1S/C16H22N2O3S/c1-3-4-12-22(19,20)17-11-10-15-16(18-13(2)21-15)14-8-6-5-7-9-14/h5-9,17H,3-4,10-12H2,1-2H3. The molecular weight excluding hydrogens is 300 g/mol. The van der Waals surface area contributed by atoms with Gasteiger partial charge in [-0.1, -0.05) is 43.7 Å². The third-order valence-corrected chi connectivity index (χ3v) is 4.76. The molecule has 0 spiro atoms. The first-order valence-corrected chi connectivity index (χ1v) is 9.16. The highest BCUT2D eigenvalue weighted by Crippen LogP contribution is 2.23. The largest absolute Gasteiger partial charge is 0.445 e. The number of aromatic nitrogens is 1. The van der Waals surface area contributed by atoms with E-state index in [0.29, 0.717) is 31.0 Å². The summed E-state index contributed by atoms with van der Waals surface area (Å²) in [6.45, 7) is 4.08. The average molecular weight is 322 g/mol. The summed E-state index contributed by atoms with van der Waals surface area (Å²) < 4.78 is 31.8. The molecule has 0 saturated carbocycles. The number of nitrogens with one attached hydrogen (secondary N) is 1. The van der Waals surface area contributed by atoms with Crippen LogP contribution in [0.4, 0.5) is 0 Å². The van der Waals surface area contributed by atoms with Gasteiger partial charge in [0.25, 0.3) is 0 Å². The highest BCUT2D eigenvalue weighted by Gasteiger charge is 2.14. The van der Waals surface area contributed by atoms with Gasteiger partial charge in [0.1, 0.15) is 11.5 Å². The fraction of sp³-hybridized carbons (Fsp3) is 0.438. The predicted octanol–water partition coefficient (Wildman–Crippen LogP) is 2.91. The first-order valence-electron chi connectivity index (χ1n) is 7.51. The van der Waals surface area contributed by atoms with Crippen LogP contribution in [0, 0.1) is 6.92 Å². The van der Waals surface area contributed by atoms with Crippen molar-refractivity contribution in [3.63, 3.8) is 0 Å². The van der Waals surface area contributed by atoms with E-state index in [2.05, 4.69) is 9.71 Å². The summed E-state index contributed by atoms with van der Waals surface area (Å²) in [4.78, 5) is 4.40. The van der Waals surface area contributed by atoms with Crippen LogP contribution in [-0.2, 0) is 16.4 Å². The molecule has 5 nitrogen and oxygen atoms in total. The minimum absolute atomic E-state index is 0.171. The van der Waals surface area contributed by atoms with E-state index in [9.17, 15) is 8.42 Å². The Labute approximate surface area is 131 Å². The molecule has 0 aliphatic heterocycles. The Morgan fingerprint density at radius 2 is 1.95 bits per heavy atom. The zero-order valence-electron chi connectivity index (χ0n) is 13.0. The number of sulfonamides is 1. The molecule has 0 bridgehead atoms. The lowest BCUT2D eigenvalue weighted by Gasteiger charge is -2.05. The molecule has 2 aromatic rings. The molecule has 22 heavy (non-hydrogen) atoms. The zero-order chi connectivity index (χ0) is 16.0. The maximum atomic E-state index is 11.8. The quantitative estimate of drug-likeness (QED) is 0.811. The van der Waals surface area contributed by atoms with Gasteiger partial charge >= 0.3 is 0 Å². The van der Waals surface area contributed by atoms with Crippen LogP contribution in [0.25, 0.3) is 11.3 Å². The van der Waals surface area contributed by atoms with Crippen LogP contribution in [0.5, 0.6) is 0 Å². The van der Waals surface area contributed by atoms with Gasteiger partial charge in [0.15, 0.2) is 5.89 Å². The Hall–Kier alpha value is -1.66. The summed E-state index contributed by atoms with van der Waals surface area (Å²) in [6, 6.07) is 9.75. The molecule has 0 atom stereocenters. The lowest BCUT2D eigenvalue weighted by molar-refractivity contribution is 0.473. The van der Waals surface area contributed by atoms with E-state index in [-0.39, 0.29) is 5.75 Å². The Morgan fingerprint density at radius 1 is 1.23 bits per heavy atom. The number of aryl methyl sites for hydroxylation is 1. The van der Waals surface area contributed by atoms with Crippen LogP contribution < -0.4 is 4.72 Å². The molecule has 120 valence electrons. The van der Waals surface area contributed by atoms with Gasteiger partial charge in [-0.15, -0.1) is 0 Å². The molecule has 0 aliphatic rings. The van der Waals surface area contributed by atoms with Gasteiger partial charge in [-0.05, 0) is 6.42 Å². The average Bonchev–Trinajstić information content (AvgIpc) is 2.87. The fourth-order valence-corrected chi connectivity index (χ4v) is 3.41. The fourth-order valence-electron chi connectivity index (χ4n) is 2.19. The third-order valence-electron chi connectivity index (χ3n) is 3.29. The number of unbranched alkanes of at least 4 members (excludes halogenated alkanes) is 1. The van der Waals surface area contributed by atoms with Crippen LogP contribution in [0.15, 0.2) is 34.7 Å². The highest BCUT2D eigenvalue weighted by molar-refractivity contribution is 7.89. The van der Waals surface area contributed by atoms with Gasteiger partial charge in [0, 0.05) is 25.5 Å². The van der Waals surface area contributed by atoms with E-state index < -0.39 is 10.0 Å².